The van der Waals surface area contributed by atoms with Gasteiger partial charge in [0.05, 0.1) is 5.52 Å². The number of fused-ring (bicyclic) bond motifs is 1. The van der Waals surface area contributed by atoms with Crippen molar-refractivity contribution < 1.29 is 4.74 Å². The molecule has 0 bridgehead atoms. The average Bonchev–Trinajstić information content (AvgIpc) is 2.33. The fourth-order valence-electron chi connectivity index (χ4n) is 2.01. The fraction of sp³-hybridized carbons (Fsp3) is 0.267. The Morgan fingerprint density at radius 3 is 2.83 bits per heavy atom. The van der Waals surface area contributed by atoms with Gasteiger partial charge in [-0.2, -0.15) is 0 Å². The summed E-state index contributed by atoms with van der Waals surface area (Å²) in [5.74, 6) is 0.807. The molecule has 0 aliphatic heterocycles. The lowest BCUT2D eigenvalue weighted by atomic mass is 10.1. The zero-order chi connectivity index (χ0) is 13.1. The van der Waals surface area contributed by atoms with E-state index in [9.17, 15) is 4.79 Å². The van der Waals surface area contributed by atoms with Gasteiger partial charge < -0.3 is 9.72 Å². The van der Waals surface area contributed by atoms with Gasteiger partial charge in [0.2, 0.25) is 5.56 Å². The number of rotatable bonds is 3. The van der Waals surface area contributed by atoms with E-state index in [1.165, 1.54) is 0 Å². The molecule has 0 fully saturated rings. The second-order valence-corrected chi connectivity index (χ2v) is 4.31. The van der Waals surface area contributed by atoms with Crippen LogP contribution in [-0.4, -0.2) is 11.6 Å². The number of aromatic nitrogens is 1. The van der Waals surface area contributed by atoms with E-state index in [1.807, 2.05) is 45.1 Å². The number of H-pyrrole nitrogens is 1. The zero-order valence-electron chi connectivity index (χ0n) is 10.9. The van der Waals surface area contributed by atoms with Crippen LogP contribution in [-0.2, 0) is 0 Å². The zero-order valence-corrected chi connectivity index (χ0v) is 10.9. The van der Waals surface area contributed by atoms with Crippen LogP contribution in [0.5, 0.6) is 5.75 Å². The molecule has 0 aliphatic rings. The van der Waals surface area contributed by atoms with Gasteiger partial charge in [-0.25, -0.2) is 0 Å². The number of aryl methyl sites for hydroxylation is 2. The van der Waals surface area contributed by atoms with E-state index in [0.717, 1.165) is 27.8 Å². The molecule has 1 aromatic carbocycles. The van der Waals surface area contributed by atoms with E-state index in [0.29, 0.717) is 6.61 Å². The van der Waals surface area contributed by atoms with E-state index in [4.69, 9.17) is 4.74 Å². The molecule has 18 heavy (non-hydrogen) atoms. The molecule has 2 aromatic rings. The fourth-order valence-corrected chi connectivity index (χ4v) is 2.01. The van der Waals surface area contributed by atoms with Gasteiger partial charge >= 0.3 is 0 Å². The summed E-state index contributed by atoms with van der Waals surface area (Å²) in [6.07, 6.45) is 3.89. The molecular formula is C15H17NO2. The summed E-state index contributed by atoms with van der Waals surface area (Å²) in [6.45, 7) is 6.40. The van der Waals surface area contributed by atoms with E-state index in [-0.39, 0.29) is 5.56 Å². The molecule has 2 rings (SSSR count). The van der Waals surface area contributed by atoms with Crippen molar-refractivity contribution in [3.8, 4) is 5.75 Å². The van der Waals surface area contributed by atoms with Gasteiger partial charge in [0.25, 0.3) is 0 Å². The lowest BCUT2D eigenvalue weighted by molar-refractivity contribution is 0.360. The van der Waals surface area contributed by atoms with Crippen LogP contribution in [0.3, 0.4) is 0 Å². The predicted molar refractivity (Wildman–Crippen MR) is 74.4 cm³/mol. The first-order valence-electron chi connectivity index (χ1n) is 6.00. The third-order valence-corrected chi connectivity index (χ3v) is 3.01. The lowest BCUT2D eigenvalue weighted by Gasteiger charge is -2.11. The van der Waals surface area contributed by atoms with Crippen molar-refractivity contribution in [2.75, 3.05) is 6.61 Å². The minimum Gasteiger partial charge on any atom is -0.489 e. The first-order chi connectivity index (χ1) is 8.63. The Balaban J connectivity index is 2.53. The first kappa shape index (κ1) is 12.4. The number of hydrogen-bond acceptors (Lipinski definition) is 2. The summed E-state index contributed by atoms with van der Waals surface area (Å²) in [5.41, 5.74) is 2.74. The van der Waals surface area contributed by atoms with Crippen molar-refractivity contribution in [3.63, 3.8) is 0 Å². The molecule has 1 heterocycles. The van der Waals surface area contributed by atoms with Crippen molar-refractivity contribution in [1.82, 2.24) is 4.98 Å². The SMILES string of the molecule is CC=CCOc1ccc2c(C)cc(=O)[nH]c2c1C. The van der Waals surface area contributed by atoms with Gasteiger partial charge in [-0.05, 0) is 38.5 Å². The molecule has 0 radical (unpaired) electrons. The number of aromatic amines is 1. The third-order valence-electron chi connectivity index (χ3n) is 3.01. The summed E-state index contributed by atoms with van der Waals surface area (Å²) in [7, 11) is 0. The number of hydrogen-bond donors (Lipinski definition) is 1. The maximum absolute atomic E-state index is 11.5. The molecular weight excluding hydrogens is 226 g/mol. The van der Waals surface area contributed by atoms with Gasteiger partial charge in [0.1, 0.15) is 12.4 Å². The standard InChI is InChI=1S/C15H17NO2/c1-4-5-8-18-13-7-6-12-10(2)9-14(17)16-15(12)11(13)3/h4-7,9H,8H2,1-3H3,(H,16,17). The van der Waals surface area contributed by atoms with Gasteiger partial charge in [-0.1, -0.05) is 12.2 Å². The Hall–Kier alpha value is -2.03. The predicted octanol–water partition coefficient (Wildman–Crippen LogP) is 3.10. The van der Waals surface area contributed by atoms with Crippen molar-refractivity contribution in [3.05, 3.63) is 51.8 Å². The third kappa shape index (κ3) is 2.30. The second-order valence-electron chi connectivity index (χ2n) is 4.31. The van der Waals surface area contributed by atoms with E-state index in [1.54, 1.807) is 6.07 Å². The largest absolute Gasteiger partial charge is 0.489 e. The normalized spacial score (nSPS) is 11.3. The summed E-state index contributed by atoms with van der Waals surface area (Å²) < 4.78 is 5.66. The average molecular weight is 243 g/mol. The molecule has 0 saturated carbocycles. The maximum Gasteiger partial charge on any atom is 0.248 e. The van der Waals surface area contributed by atoms with E-state index < -0.39 is 0 Å². The highest BCUT2D eigenvalue weighted by molar-refractivity contribution is 5.86. The molecule has 0 amide bonds. The highest BCUT2D eigenvalue weighted by Crippen LogP contribution is 2.26. The molecule has 0 unspecified atom stereocenters. The Labute approximate surface area is 106 Å². The number of ether oxygens (including phenoxy) is 1. The van der Waals surface area contributed by atoms with Crippen LogP contribution in [0.1, 0.15) is 18.1 Å². The molecule has 0 aliphatic carbocycles. The Bertz CT molecular complexity index is 653. The Kier molecular flexibility index (Phi) is 3.51. The highest BCUT2D eigenvalue weighted by atomic mass is 16.5. The minimum absolute atomic E-state index is 0.0753. The molecule has 94 valence electrons. The van der Waals surface area contributed by atoms with Crippen LogP contribution >= 0.6 is 0 Å². The summed E-state index contributed by atoms with van der Waals surface area (Å²) in [5, 5.41) is 1.06. The topological polar surface area (TPSA) is 42.1 Å². The molecule has 0 saturated heterocycles. The summed E-state index contributed by atoms with van der Waals surface area (Å²) in [6, 6.07) is 5.55. The van der Waals surface area contributed by atoms with E-state index >= 15 is 0 Å². The van der Waals surface area contributed by atoms with Gasteiger partial charge in [0.15, 0.2) is 0 Å². The van der Waals surface area contributed by atoms with Crippen LogP contribution in [0.4, 0.5) is 0 Å². The van der Waals surface area contributed by atoms with Crippen molar-refractivity contribution >= 4 is 10.9 Å². The van der Waals surface area contributed by atoms with Crippen molar-refractivity contribution in [2.24, 2.45) is 0 Å². The lowest BCUT2D eigenvalue weighted by Crippen LogP contribution is -2.06. The van der Waals surface area contributed by atoms with Crippen LogP contribution in [0.2, 0.25) is 0 Å². The maximum atomic E-state index is 11.5. The van der Waals surface area contributed by atoms with Gasteiger partial charge in [-0.3, -0.25) is 4.79 Å². The number of benzene rings is 1. The van der Waals surface area contributed by atoms with Crippen molar-refractivity contribution in [1.29, 1.82) is 0 Å². The van der Waals surface area contributed by atoms with Crippen LogP contribution in [0.25, 0.3) is 10.9 Å². The van der Waals surface area contributed by atoms with E-state index in [2.05, 4.69) is 4.98 Å². The van der Waals surface area contributed by atoms with Gasteiger partial charge in [-0.15, -0.1) is 0 Å². The van der Waals surface area contributed by atoms with Crippen molar-refractivity contribution in [2.45, 2.75) is 20.8 Å². The molecule has 3 heteroatoms. The summed E-state index contributed by atoms with van der Waals surface area (Å²) >= 11 is 0. The Morgan fingerprint density at radius 1 is 1.33 bits per heavy atom. The molecule has 0 spiro atoms. The van der Waals surface area contributed by atoms with Crippen LogP contribution in [0, 0.1) is 13.8 Å². The molecule has 0 atom stereocenters. The number of pyridine rings is 1. The molecule has 1 aromatic heterocycles. The molecule has 1 N–H and O–H groups in total. The number of allylic oxidation sites excluding steroid dienone is 1. The quantitative estimate of drug-likeness (QED) is 0.842. The first-order valence-corrected chi connectivity index (χ1v) is 6.00. The summed E-state index contributed by atoms with van der Waals surface area (Å²) in [4.78, 5) is 14.4. The second kappa shape index (κ2) is 5.08. The molecule has 3 nitrogen and oxygen atoms in total. The van der Waals surface area contributed by atoms with Crippen LogP contribution in [0.15, 0.2) is 35.1 Å². The van der Waals surface area contributed by atoms with Gasteiger partial charge in [0, 0.05) is 17.0 Å². The monoisotopic (exact) mass is 243 g/mol. The van der Waals surface area contributed by atoms with Crippen LogP contribution < -0.4 is 10.3 Å². The number of nitrogens with one attached hydrogen (secondary N) is 1. The Morgan fingerprint density at radius 2 is 2.11 bits per heavy atom. The minimum atomic E-state index is -0.0753. The highest BCUT2D eigenvalue weighted by Gasteiger charge is 2.07. The smallest absolute Gasteiger partial charge is 0.248 e.